The Labute approximate surface area is 158 Å². The van der Waals surface area contributed by atoms with Gasteiger partial charge in [-0.3, -0.25) is 20.2 Å². The maximum absolute atomic E-state index is 12.1. The van der Waals surface area contributed by atoms with Gasteiger partial charge >= 0.3 is 5.97 Å². The van der Waals surface area contributed by atoms with Crippen molar-refractivity contribution in [1.29, 1.82) is 0 Å². The SMILES string of the molecule is O=C1NC(=S)NC(=O)C1=Cc1ccc(OC(=O)c2ccccc2Cl)cc1. The fourth-order valence-electron chi connectivity index (χ4n) is 2.19. The van der Waals surface area contributed by atoms with E-state index < -0.39 is 17.8 Å². The molecule has 1 fully saturated rings. The van der Waals surface area contributed by atoms with E-state index in [1.165, 1.54) is 6.08 Å². The molecule has 1 saturated heterocycles. The Morgan fingerprint density at radius 1 is 1.00 bits per heavy atom. The van der Waals surface area contributed by atoms with E-state index in [-0.39, 0.29) is 16.2 Å². The summed E-state index contributed by atoms with van der Waals surface area (Å²) in [5.41, 5.74) is 0.766. The average molecular weight is 387 g/mol. The number of rotatable bonds is 3. The highest BCUT2D eigenvalue weighted by Crippen LogP contribution is 2.20. The summed E-state index contributed by atoms with van der Waals surface area (Å²) in [5, 5.41) is 4.97. The molecule has 2 amide bonds. The standard InChI is InChI=1S/C18H11ClN2O4S/c19-14-4-2-1-3-12(14)17(24)25-11-7-5-10(6-8-11)9-13-15(22)20-18(26)21-16(13)23/h1-9H,(H2,20,21,22,23,26). The Morgan fingerprint density at radius 3 is 2.23 bits per heavy atom. The van der Waals surface area contributed by atoms with E-state index in [0.29, 0.717) is 16.3 Å². The number of ether oxygens (including phenoxy) is 1. The molecule has 0 atom stereocenters. The highest BCUT2D eigenvalue weighted by molar-refractivity contribution is 7.80. The summed E-state index contributed by atoms with van der Waals surface area (Å²) in [7, 11) is 0. The van der Waals surface area contributed by atoms with Crippen LogP contribution >= 0.6 is 23.8 Å². The van der Waals surface area contributed by atoms with Crippen LogP contribution in [0.25, 0.3) is 6.08 Å². The van der Waals surface area contributed by atoms with Crippen molar-refractivity contribution in [2.45, 2.75) is 0 Å². The van der Waals surface area contributed by atoms with Crippen LogP contribution in [0.3, 0.4) is 0 Å². The number of nitrogens with one attached hydrogen (secondary N) is 2. The van der Waals surface area contributed by atoms with Crippen molar-refractivity contribution in [3.05, 3.63) is 70.3 Å². The van der Waals surface area contributed by atoms with Gasteiger partial charge < -0.3 is 4.74 Å². The van der Waals surface area contributed by atoms with Crippen molar-refractivity contribution in [2.75, 3.05) is 0 Å². The van der Waals surface area contributed by atoms with Gasteiger partial charge in [-0.1, -0.05) is 35.9 Å². The number of carbonyl (C=O) groups is 3. The van der Waals surface area contributed by atoms with Crippen LogP contribution in [0, 0.1) is 0 Å². The molecule has 130 valence electrons. The maximum Gasteiger partial charge on any atom is 0.345 e. The van der Waals surface area contributed by atoms with Crippen LogP contribution in [0.4, 0.5) is 0 Å². The number of benzene rings is 2. The van der Waals surface area contributed by atoms with E-state index in [1.54, 1.807) is 48.5 Å². The number of hydrogen-bond acceptors (Lipinski definition) is 5. The number of halogens is 1. The lowest BCUT2D eigenvalue weighted by molar-refractivity contribution is -0.123. The van der Waals surface area contributed by atoms with Gasteiger partial charge in [0, 0.05) is 0 Å². The average Bonchev–Trinajstić information content (AvgIpc) is 2.60. The van der Waals surface area contributed by atoms with Gasteiger partial charge in [-0.25, -0.2) is 4.79 Å². The van der Waals surface area contributed by atoms with Crippen LogP contribution < -0.4 is 15.4 Å². The molecule has 3 rings (SSSR count). The van der Waals surface area contributed by atoms with Crippen LogP contribution in [-0.4, -0.2) is 22.9 Å². The predicted molar refractivity (Wildman–Crippen MR) is 99.7 cm³/mol. The summed E-state index contributed by atoms with van der Waals surface area (Å²) in [6.07, 6.45) is 1.41. The van der Waals surface area contributed by atoms with E-state index in [1.807, 2.05) is 0 Å². The van der Waals surface area contributed by atoms with E-state index in [9.17, 15) is 14.4 Å². The Morgan fingerprint density at radius 2 is 1.62 bits per heavy atom. The summed E-state index contributed by atoms with van der Waals surface area (Å²) in [6, 6.07) is 12.9. The lowest BCUT2D eigenvalue weighted by Crippen LogP contribution is -2.51. The lowest BCUT2D eigenvalue weighted by Gasteiger charge is -2.16. The molecule has 0 aliphatic carbocycles. The molecule has 6 nitrogen and oxygen atoms in total. The third kappa shape index (κ3) is 3.96. The third-order valence-electron chi connectivity index (χ3n) is 3.44. The molecular formula is C18H11ClN2O4S. The van der Waals surface area contributed by atoms with Crippen molar-refractivity contribution in [2.24, 2.45) is 0 Å². The summed E-state index contributed by atoms with van der Waals surface area (Å²) in [4.78, 5) is 35.7. The molecule has 1 heterocycles. The monoisotopic (exact) mass is 386 g/mol. The second-order valence-corrected chi connectivity index (χ2v) is 6.05. The lowest BCUT2D eigenvalue weighted by atomic mass is 10.1. The Bertz CT molecular complexity index is 932. The quantitative estimate of drug-likeness (QED) is 0.278. The summed E-state index contributed by atoms with van der Waals surface area (Å²) < 4.78 is 5.26. The van der Waals surface area contributed by atoms with E-state index in [4.69, 9.17) is 28.6 Å². The minimum atomic E-state index is -0.582. The van der Waals surface area contributed by atoms with Crippen molar-refractivity contribution in [1.82, 2.24) is 10.6 Å². The fraction of sp³-hybridized carbons (Fsp3) is 0. The highest BCUT2D eigenvalue weighted by atomic mass is 35.5. The van der Waals surface area contributed by atoms with Gasteiger partial charge in [-0.05, 0) is 48.1 Å². The molecule has 2 N–H and O–H groups in total. The van der Waals surface area contributed by atoms with Crippen LogP contribution in [0.15, 0.2) is 54.1 Å². The summed E-state index contributed by atoms with van der Waals surface area (Å²) in [6.45, 7) is 0. The van der Waals surface area contributed by atoms with Crippen molar-refractivity contribution >= 4 is 52.8 Å². The van der Waals surface area contributed by atoms with Crippen LogP contribution in [0.2, 0.25) is 5.02 Å². The van der Waals surface area contributed by atoms with E-state index in [0.717, 1.165) is 0 Å². The maximum atomic E-state index is 12.1. The van der Waals surface area contributed by atoms with Gasteiger partial charge in [0.2, 0.25) is 0 Å². The first-order valence-electron chi connectivity index (χ1n) is 7.39. The third-order valence-corrected chi connectivity index (χ3v) is 3.97. The zero-order valence-corrected chi connectivity index (χ0v) is 14.7. The molecule has 0 saturated carbocycles. The van der Waals surface area contributed by atoms with Gasteiger partial charge in [0.05, 0.1) is 10.6 Å². The summed E-state index contributed by atoms with van der Waals surface area (Å²) in [5.74, 6) is -1.43. The van der Waals surface area contributed by atoms with E-state index >= 15 is 0 Å². The predicted octanol–water partition coefficient (Wildman–Crippen LogP) is 2.47. The Balaban J connectivity index is 1.75. The molecule has 0 spiro atoms. The second-order valence-electron chi connectivity index (χ2n) is 5.23. The van der Waals surface area contributed by atoms with Crippen LogP contribution in [0.5, 0.6) is 5.75 Å². The number of carbonyl (C=O) groups excluding carboxylic acids is 3. The van der Waals surface area contributed by atoms with Crippen molar-refractivity contribution in [3.63, 3.8) is 0 Å². The minimum absolute atomic E-state index is 0.0287. The van der Waals surface area contributed by atoms with Gasteiger partial charge in [0.25, 0.3) is 11.8 Å². The van der Waals surface area contributed by atoms with Crippen LogP contribution in [0.1, 0.15) is 15.9 Å². The minimum Gasteiger partial charge on any atom is -0.423 e. The van der Waals surface area contributed by atoms with Gasteiger partial charge in [-0.2, -0.15) is 0 Å². The smallest absolute Gasteiger partial charge is 0.345 e. The topological polar surface area (TPSA) is 84.5 Å². The highest BCUT2D eigenvalue weighted by Gasteiger charge is 2.25. The largest absolute Gasteiger partial charge is 0.423 e. The molecule has 8 heteroatoms. The molecule has 0 aromatic heterocycles. The molecule has 26 heavy (non-hydrogen) atoms. The van der Waals surface area contributed by atoms with Crippen molar-refractivity contribution in [3.8, 4) is 5.75 Å². The Hall–Kier alpha value is -3.03. The number of thiocarbonyl (C=S) groups is 1. The molecule has 2 aromatic carbocycles. The zero-order valence-electron chi connectivity index (χ0n) is 13.1. The number of amides is 2. The van der Waals surface area contributed by atoms with E-state index in [2.05, 4.69) is 10.6 Å². The molecule has 0 radical (unpaired) electrons. The van der Waals surface area contributed by atoms with Gasteiger partial charge in [0.15, 0.2) is 5.11 Å². The van der Waals surface area contributed by atoms with Gasteiger partial charge in [-0.15, -0.1) is 0 Å². The molecule has 1 aliphatic heterocycles. The Kier molecular flexibility index (Phi) is 5.11. The van der Waals surface area contributed by atoms with Gasteiger partial charge in [0.1, 0.15) is 11.3 Å². The van der Waals surface area contributed by atoms with Crippen LogP contribution in [-0.2, 0) is 9.59 Å². The fourth-order valence-corrected chi connectivity index (χ4v) is 2.59. The summed E-state index contributed by atoms with van der Waals surface area (Å²) >= 11 is 10.7. The molecular weight excluding hydrogens is 376 g/mol. The molecule has 1 aliphatic rings. The zero-order chi connectivity index (χ0) is 18.7. The number of esters is 1. The first-order chi connectivity index (χ1) is 12.4. The molecule has 0 bridgehead atoms. The normalized spacial score (nSPS) is 13.7. The molecule has 0 unspecified atom stereocenters. The first-order valence-corrected chi connectivity index (χ1v) is 8.18. The number of hydrogen-bond donors (Lipinski definition) is 2. The first kappa shape index (κ1) is 17.8. The van der Waals surface area contributed by atoms with Crippen molar-refractivity contribution < 1.29 is 19.1 Å². The molecule has 2 aromatic rings. The second kappa shape index (κ2) is 7.47.